The first kappa shape index (κ1) is 12.9. The minimum Gasteiger partial charge on any atom is -0.465 e. The molecule has 2 atom stereocenters. The van der Waals surface area contributed by atoms with Crippen LogP contribution in [0.3, 0.4) is 0 Å². The summed E-state index contributed by atoms with van der Waals surface area (Å²) in [5.74, 6) is -0.412. The van der Waals surface area contributed by atoms with E-state index in [1.165, 1.54) is 0 Å². The van der Waals surface area contributed by atoms with Crippen LogP contribution in [0.25, 0.3) is 0 Å². The van der Waals surface area contributed by atoms with Gasteiger partial charge in [-0.15, -0.1) is 0 Å². The highest BCUT2D eigenvalue weighted by atomic mass is 79.9. The molecule has 0 aromatic carbocycles. The molecule has 0 aliphatic heterocycles. The molecule has 4 heteroatoms. The summed E-state index contributed by atoms with van der Waals surface area (Å²) in [4.78, 5) is 11.4. The van der Waals surface area contributed by atoms with Crippen molar-refractivity contribution in [1.82, 2.24) is 0 Å². The van der Waals surface area contributed by atoms with E-state index in [1.54, 1.807) is 13.8 Å². The molecule has 0 radical (unpaired) electrons. The van der Waals surface area contributed by atoms with E-state index < -0.39 is 16.4 Å². The van der Waals surface area contributed by atoms with E-state index in [0.29, 0.717) is 6.61 Å². The fourth-order valence-corrected chi connectivity index (χ4v) is 1.66. The maximum Gasteiger partial charge on any atom is 0.325 e. The summed E-state index contributed by atoms with van der Waals surface area (Å²) in [7, 11) is 0. The summed E-state index contributed by atoms with van der Waals surface area (Å²) in [6.45, 7) is 7.38. The summed E-state index contributed by atoms with van der Waals surface area (Å²) < 4.78 is 3.83. The Hall–Kier alpha value is -0.0900. The Morgan fingerprint density at radius 1 is 1.62 bits per heavy atom. The van der Waals surface area contributed by atoms with E-state index in [-0.39, 0.29) is 5.92 Å². The number of alkyl halides is 1. The van der Waals surface area contributed by atoms with E-state index in [9.17, 15) is 9.90 Å². The molecule has 0 spiro atoms. The van der Waals surface area contributed by atoms with E-state index in [1.807, 2.05) is 13.8 Å². The highest BCUT2D eigenvalue weighted by Crippen LogP contribution is 2.28. The van der Waals surface area contributed by atoms with E-state index in [4.69, 9.17) is 4.74 Å². The quantitative estimate of drug-likeness (QED) is 0.613. The molecular formula is C9H17BrO3. The van der Waals surface area contributed by atoms with Crippen molar-refractivity contribution in [1.29, 1.82) is 0 Å². The Balaban J connectivity index is 4.45. The van der Waals surface area contributed by atoms with Gasteiger partial charge in [0.2, 0.25) is 0 Å². The largest absolute Gasteiger partial charge is 0.465 e. The van der Waals surface area contributed by atoms with Gasteiger partial charge in [0.25, 0.3) is 0 Å². The highest BCUT2D eigenvalue weighted by Gasteiger charge is 2.40. The monoisotopic (exact) mass is 252 g/mol. The molecule has 13 heavy (non-hydrogen) atoms. The summed E-state index contributed by atoms with van der Waals surface area (Å²) in [6, 6.07) is 0. The zero-order valence-electron chi connectivity index (χ0n) is 8.50. The predicted molar refractivity (Wildman–Crippen MR) is 54.8 cm³/mol. The van der Waals surface area contributed by atoms with Crippen LogP contribution in [0.1, 0.15) is 27.7 Å². The second-order valence-electron chi connectivity index (χ2n) is 3.48. The molecule has 78 valence electrons. The second-order valence-corrected chi connectivity index (χ2v) is 5.13. The maximum atomic E-state index is 11.4. The number of aliphatic hydroxyl groups excluding tert-OH is 1. The van der Waals surface area contributed by atoms with Crippen LogP contribution >= 0.6 is 15.9 Å². The van der Waals surface area contributed by atoms with Crippen LogP contribution in [0.4, 0.5) is 0 Å². The van der Waals surface area contributed by atoms with Crippen molar-refractivity contribution in [3.63, 3.8) is 0 Å². The van der Waals surface area contributed by atoms with Crippen molar-refractivity contribution in [3.05, 3.63) is 0 Å². The first-order valence-corrected chi connectivity index (χ1v) is 5.17. The minimum absolute atomic E-state index is 0.00813. The van der Waals surface area contributed by atoms with Crippen LogP contribution in [0.2, 0.25) is 0 Å². The fourth-order valence-electron chi connectivity index (χ4n) is 1.02. The lowest BCUT2D eigenvalue weighted by Gasteiger charge is -2.28. The molecule has 0 heterocycles. The summed E-state index contributed by atoms with van der Waals surface area (Å²) in [5, 5.41) is 9.70. The Morgan fingerprint density at radius 2 is 2.08 bits per heavy atom. The second kappa shape index (κ2) is 4.96. The Labute approximate surface area is 87.6 Å². The van der Waals surface area contributed by atoms with Crippen molar-refractivity contribution >= 4 is 21.9 Å². The van der Waals surface area contributed by atoms with Gasteiger partial charge >= 0.3 is 5.97 Å². The van der Waals surface area contributed by atoms with Crippen LogP contribution in [-0.4, -0.2) is 28.1 Å². The molecular weight excluding hydrogens is 236 g/mol. The Morgan fingerprint density at radius 3 is 2.38 bits per heavy atom. The molecule has 0 aliphatic rings. The average Bonchev–Trinajstić information content (AvgIpc) is 2.03. The van der Waals surface area contributed by atoms with Gasteiger partial charge in [-0.3, -0.25) is 4.79 Å². The van der Waals surface area contributed by atoms with E-state index in [0.717, 1.165) is 0 Å². The zero-order chi connectivity index (χ0) is 10.6. The SMILES string of the molecule is CCOC(=O)[C@@](C)(Br)[C@H](O)C(C)C. The summed E-state index contributed by atoms with van der Waals surface area (Å²) in [6.07, 6.45) is -0.744. The lowest BCUT2D eigenvalue weighted by Crippen LogP contribution is -2.45. The first-order chi connectivity index (χ1) is 5.84. The van der Waals surface area contributed by atoms with Crippen molar-refractivity contribution in [2.75, 3.05) is 6.61 Å². The molecule has 0 saturated heterocycles. The van der Waals surface area contributed by atoms with Crippen molar-refractivity contribution < 1.29 is 14.6 Å². The molecule has 0 unspecified atom stereocenters. The molecule has 0 bridgehead atoms. The normalized spacial score (nSPS) is 18.1. The van der Waals surface area contributed by atoms with Crippen molar-refractivity contribution in [2.24, 2.45) is 5.92 Å². The van der Waals surface area contributed by atoms with E-state index in [2.05, 4.69) is 15.9 Å². The molecule has 0 fully saturated rings. The van der Waals surface area contributed by atoms with Gasteiger partial charge in [0.1, 0.15) is 4.32 Å². The van der Waals surface area contributed by atoms with Gasteiger partial charge in [-0.2, -0.15) is 0 Å². The van der Waals surface area contributed by atoms with Gasteiger partial charge in [0, 0.05) is 0 Å². The van der Waals surface area contributed by atoms with Crippen LogP contribution in [-0.2, 0) is 9.53 Å². The van der Waals surface area contributed by atoms with Gasteiger partial charge in [0.15, 0.2) is 0 Å². The molecule has 0 aromatic heterocycles. The number of esters is 1. The number of hydrogen-bond donors (Lipinski definition) is 1. The standard InChI is InChI=1S/C9H17BrO3/c1-5-13-8(12)9(4,10)7(11)6(2)3/h6-7,11H,5H2,1-4H3/t7-,9+/m1/s1. The zero-order valence-corrected chi connectivity index (χ0v) is 10.1. The molecule has 1 N–H and O–H groups in total. The summed E-state index contributed by atoms with van der Waals surface area (Å²) in [5.41, 5.74) is 0. The van der Waals surface area contributed by atoms with Crippen LogP contribution in [0, 0.1) is 5.92 Å². The van der Waals surface area contributed by atoms with Gasteiger partial charge in [0.05, 0.1) is 12.7 Å². The number of halogens is 1. The average molecular weight is 253 g/mol. The Kier molecular flexibility index (Phi) is 4.92. The lowest BCUT2D eigenvalue weighted by atomic mass is 9.95. The third-order valence-electron chi connectivity index (χ3n) is 1.86. The van der Waals surface area contributed by atoms with Gasteiger partial charge < -0.3 is 9.84 Å². The molecule has 0 saturated carbocycles. The van der Waals surface area contributed by atoms with Gasteiger partial charge in [-0.25, -0.2) is 0 Å². The molecule has 0 rings (SSSR count). The smallest absolute Gasteiger partial charge is 0.325 e. The van der Waals surface area contributed by atoms with Crippen LogP contribution in [0.15, 0.2) is 0 Å². The number of carbonyl (C=O) groups excluding carboxylic acids is 1. The molecule has 0 aliphatic carbocycles. The third-order valence-corrected chi connectivity index (χ3v) is 2.65. The van der Waals surface area contributed by atoms with Crippen LogP contribution < -0.4 is 0 Å². The number of carbonyl (C=O) groups is 1. The molecule has 3 nitrogen and oxygen atoms in total. The minimum atomic E-state index is -1.00. The van der Waals surface area contributed by atoms with Gasteiger partial charge in [-0.05, 0) is 19.8 Å². The topological polar surface area (TPSA) is 46.5 Å². The number of ether oxygens (including phenoxy) is 1. The number of rotatable bonds is 4. The lowest BCUT2D eigenvalue weighted by molar-refractivity contribution is -0.149. The first-order valence-electron chi connectivity index (χ1n) is 4.38. The van der Waals surface area contributed by atoms with Gasteiger partial charge in [-0.1, -0.05) is 29.8 Å². The molecule has 0 amide bonds. The fraction of sp³-hybridized carbons (Fsp3) is 0.889. The van der Waals surface area contributed by atoms with Crippen LogP contribution in [0.5, 0.6) is 0 Å². The number of hydrogen-bond acceptors (Lipinski definition) is 3. The van der Waals surface area contributed by atoms with E-state index >= 15 is 0 Å². The molecule has 0 aromatic rings. The third kappa shape index (κ3) is 3.27. The summed E-state index contributed by atoms with van der Waals surface area (Å²) >= 11 is 3.19. The highest BCUT2D eigenvalue weighted by molar-refractivity contribution is 9.10. The van der Waals surface area contributed by atoms with Crippen molar-refractivity contribution in [3.8, 4) is 0 Å². The number of aliphatic hydroxyl groups is 1. The Bertz CT molecular complexity index is 178. The predicted octanol–water partition coefficient (Wildman–Crippen LogP) is 1.72. The maximum absolute atomic E-state index is 11.4. The van der Waals surface area contributed by atoms with Crippen molar-refractivity contribution in [2.45, 2.75) is 38.1 Å².